The van der Waals surface area contributed by atoms with Crippen LogP contribution in [0.2, 0.25) is 0 Å². The number of unbranched alkanes of at least 4 members (excludes halogenated alkanes) is 8. The van der Waals surface area contributed by atoms with Gasteiger partial charge >= 0.3 is 35.4 Å². The first-order chi connectivity index (χ1) is 15.3. The summed E-state index contributed by atoms with van der Waals surface area (Å²) in [6.07, 6.45) is 14.9. The van der Waals surface area contributed by atoms with Crippen LogP contribution in [-0.4, -0.2) is 88.9 Å². The first-order valence-corrected chi connectivity index (χ1v) is 13.6. The number of aliphatic hydroxyl groups excluding tert-OH is 2. The van der Waals surface area contributed by atoms with Crippen molar-refractivity contribution in [2.75, 3.05) is 38.5 Å². The van der Waals surface area contributed by atoms with Gasteiger partial charge in [0.25, 0.3) is 0 Å². The number of amidine groups is 1. The van der Waals surface area contributed by atoms with Crippen LogP contribution < -0.4 is 29.6 Å². The monoisotopic (exact) mass is 497 g/mol. The number of carbonyl (C=O) groups excluding carboxylic acids is 1. The van der Waals surface area contributed by atoms with Gasteiger partial charge in [-0.2, -0.15) is 0 Å². The zero-order valence-corrected chi connectivity index (χ0v) is 23.4. The van der Waals surface area contributed by atoms with Crippen molar-refractivity contribution >= 4 is 21.7 Å². The fourth-order valence-corrected chi connectivity index (χ4v) is 4.59. The largest absolute Gasteiger partial charge is 1.00 e. The van der Waals surface area contributed by atoms with Crippen molar-refractivity contribution < 1.29 is 62.1 Å². The fourth-order valence-electron chi connectivity index (χ4n) is 4.01. The average Bonchev–Trinajstić information content (AvgIpc) is 3.09. The Bertz CT molecular complexity index is 712. The summed E-state index contributed by atoms with van der Waals surface area (Å²) < 4.78 is 34.3. The second kappa shape index (κ2) is 19.0. The molecule has 1 atom stereocenters. The van der Waals surface area contributed by atoms with Gasteiger partial charge in [0.2, 0.25) is 5.78 Å². The molecule has 10 heteroatoms. The van der Waals surface area contributed by atoms with Gasteiger partial charge in [-0.15, -0.1) is 0 Å². The molecule has 0 bridgehead atoms. The van der Waals surface area contributed by atoms with Crippen LogP contribution in [0.5, 0.6) is 0 Å². The number of rotatable bonds is 19. The maximum Gasteiger partial charge on any atom is 1.00 e. The minimum atomic E-state index is -4.54. The molecule has 0 aromatic carbocycles. The Morgan fingerprint density at radius 1 is 1.12 bits per heavy atom. The molecule has 0 aliphatic carbocycles. The molecule has 186 valence electrons. The van der Waals surface area contributed by atoms with Gasteiger partial charge in [0.1, 0.15) is 32.3 Å². The van der Waals surface area contributed by atoms with E-state index in [-0.39, 0.29) is 48.5 Å². The summed E-state index contributed by atoms with van der Waals surface area (Å²) in [5.74, 6) is -0.573. The predicted octanol–water partition coefficient (Wildman–Crippen LogP) is -0.948. The Morgan fingerprint density at radius 2 is 1.73 bits per heavy atom. The van der Waals surface area contributed by atoms with E-state index in [4.69, 9.17) is 0 Å². The van der Waals surface area contributed by atoms with Crippen molar-refractivity contribution in [3.63, 3.8) is 0 Å². The van der Waals surface area contributed by atoms with Crippen molar-refractivity contribution in [3.8, 4) is 0 Å². The third-order valence-electron chi connectivity index (χ3n) is 5.60. The van der Waals surface area contributed by atoms with Gasteiger partial charge in [-0.1, -0.05) is 57.6 Å². The van der Waals surface area contributed by atoms with Crippen molar-refractivity contribution in [1.29, 1.82) is 0 Å². The van der Waals surface area contributed by atoms with Gasteiger partial charge < -0.3 is 14.8 Å². The van der Waals surface area contributed by atoms with Gasteiger partial charge in [0.15, 0.2) is 0 Å². The molecule has 0 aromatic rings. The van der Waals surface area contributed by atoms with Gasteiger partial charge in [0.05, 0.1) is 22.5 Å². The molecule has 1 heterocycles. The quantitative estimate of drug-likeness (QED) is 0.0776. The second-order valence-electron chi connectivity index (χ2n) is 8.56. The Labute approximate surface area is 222 Å². The molecule has 2 N–H and O–H groups in total. The predicted molar refractivity (Wildman–Crippen MR) is 125 cm³/mol. The van der Waals surface area contributed by atoms with Gasteiger partial charge in [-0.3, -0.25) is 14.3 Å². The summed E-state index contributed by atoms with van der Waals surface area (Å²) in [7, 11) is -4.54. The fraction of sp³-hybridized carbons (Fsp3) is 0.826. The first kappa shape index (κ1) is 32.7. The maximum absolute atomic E-state index is 12.8. The van der Waals surface area contributed by atoms with Crippen molar-refractivity contribution in [1.82, 2.24) is 4.90 Å². The average molecular weight is 498 g/mol. The molecular weight excluding hydrogens is 455 g/mol. The summed E-state index contributed by atoms with van der Waals surface area (Å²) in [5, 5.41) is 19.2. The third kappa shape index (κ3) is 15.3. The van der Waals surface area contributed by atoms with Crippen LogP contribution in [0.15, 0.2) is 12.2 Å². The molecule has 0 saturated heterocycles. The molecule has 1 aliphatic rings. The van der Waals surface area contributed by atoms with E-state index in [1.54, 1.807) is 9.48 Å². The Hall–Kier alpha value is -0.290. The van der Waals surface area contributed by atoms with Gasteiger partial charge in [-0.25, -0.2) is 8.42 Å². The van der Waals surface area contributed by atoms with E-state index in [0.717, 1.165) is 12.8 Å². The van der Waals surface area contributed by atoms with Crippen LogP contribution in [0.4, 0.5) is 0 Å². The summed E-state index contributed by atoms with van der Waals surface area (Å²) in [6, 6.07) is 0. The number of aliphatic hydroxyl groups is 2. The normalized spacial score (nSPS) is 15.3. The Morgan fingerprint density at radius 3 is 2.33 bits per heavy atom. The van der Waals surface area contributed by atoms with Crippen molar-refractivity contribution in [3.05, 3.63) is 12.2 Å². The minimum absolute atomic E-state index is 0. The number of hydrogen-bond donors (Lipinski definition) is 2. The van der Waals surface area contributed by atoms with Crippen LogP contribution in [-0.2, 0) is 14.9 Å². The third-order valence-corrected chi connectivity index (χ3v) is 6.39. The number of Topliss-reactive ketones (excluding diaryl/α,β-unsaturated/α-hetero) is 1. The van der Waals surface area contributed by atoms with Crippen molar-refractivity contribution in [2.45, 2.75) is 83.7 Å². The molecule has 1 unspecified atom stereocenters. The zero-order valence-electron chi connectivity index (χ0n) is 20.6. The summed E-state index contributed by atoms with van der Waals surface area (Å²) >= 11 is 0. The zero-order chi connectivity index (χ0) is 23.8. The molecule has 0 amide bonds. The molecule has 1 rings (SSSR count). The molecule has 0 aromatic heterocycles. The van der Waals surface area contributed by atoms with E-state index in [9.17, 15) is 28.0 Å². The molecule has 33 heavy (non-hydrogen) atoms. The number of carbonyl (C=O) groups is 1. The standard InChI is InChI=1S/C23H42N2O6S.Na/c1-2-3-4-5-6-7-8-9-10-11-12-13-14-22(28)23-24(17-18-26)15-16-25(23)19-21(27)20-32(29,30)31;/h10-11,21,26-27H,2-9,12-20H2,1H3;/q;+1/b11-10+;. The van der Waals surface area contributed by atoms with E-state index in [0.29, 0.717) is 38.3 Å². The number of ketones is 1. The SMILES string of the molecule is CCCCCCCCC/C=C/CCCC(=O)C1=[N+](CC(O)CS(=O)(=O)[O-])CCN1CCO.[Na+]. The van der Waals surface area contributed by atoms with Crippen LogP contribution in [0.1, 0.15) is 77.6 Å². The van der Waals surface area contributed by atoms with Crippen LogP contribution in [0.25, 0.3) is 0 Å². The second-order valence-corrected chi connectivity index (χ2v) is 10.0. The molecule has 0 radical (unpaired) electrons. The molecule has 0 spiro atoms. The van der Waals surface area contributed by atoms with Gasteiger partial charge in [0, 0.05) is 6.42 Å². The topological polar surface area (TPSA) is 121 Å². The maximum atomic E-state index is 12.8. The summed E-state index contributed by atoms with van der Waals surface area (Å²) in [5.41, 5.74) is 0. The smallest absolute Gasteiger partial charge is 0.748 e. The van der Waals surface area contributed by atoms with Gasteiger partial charge in [-0.05, 0) is 25.7 Å². The van der Waals surface area contributed by atoms with Crippen LogP contribution in [0, 0.1) is 0 Å². The van der Waals surface area contributed by atoms with E-state index in [2.05, 4.69) is 19.1 Å². The first-order valence-electron chi connectivity index (χ1n) is 12.1. The van der Waals surface area contributed by atoms with E-state index < -0.39 is 22.0 Å². The van der Waals surface area contributed by atoms with E-state index in [1.807, 2.05) is 0 Å². The minimum Gasteiger partial charge on any atom is -0.748 e. The number of nitrogens with zero attached hydrogens (tertiary/aromatic N) is 2. The van der Waals surface area contributed by atoms with E-state index in [1.165, 1.54) is 44.9 Å². The van der Waals surface area contributed by atoms with E-state index >= 15 is 0 Å². The van der Waals surface area contributed by atoms with Crippen LogP contribution in [0.3, 0.4) is 0 Å². The molecular formula is C23H42N2NaO6S+. The summed E-state index contributed by atoms with van der Waals surface area (Å²) in [6.45, 7) is 3.27. The van der Waals surface area contributed by atoms with Crippen LogP contribution >= 0.6 is 0 Å². The Kier molecular flexibility index (Phi) is 18.8. The molecule has 8 nitrogen and oxygen atoms in total. The molecule has 1 aliphatic heterocycles. The number of hydrogen-bond acceptors (Lipinski definition) is 7. The summed E-state index contributed by atoms with van der Waals surface area (Å²) in [4.78, 5) is 14.6. The number of allylic oxidation sites excluding steroid dienone is 2. The molecule has 0 saturated carbocycles. The number of β-amino-alcohol motifs (C(OH)–C–C–N with tert-alkyl or cyclic N) is 2. The molecule has 0 fully saturated rings. The Balaban J connectivity index is 0.0000102. The van der Waals surface area contributed by atoms with Crippen molar-refractivity contribution in [2.24, 2.45) is 0 Å².